The van der Waals surface area contributed by atoms with Gasteiger partial charge in [0.2, 0.25) is 0 Å². The highest BCUT2D eigenvalue weighted by molar-refractivity contribution is 5.12. The summed E-state index contributed by atoms with van der Waals surface area (Å²) in [4.78, 5) is 0. The van der Waals surface area contributed by atoms with E-state index < -0.39 is 0 Å². The van der Waals surface area contributed by atoms with Crippen molar-refractivity contribution < 1.29 is 4.74 Å². The number of aromatic nitrogens is 2. The van der Waals surface area contributed by atoms with Crippen LogP contribution in [-0.4, -0.2) is 28.5 Å². The van der Waals surface area contributed by atoms with E-state index in [-0.39, 0.29) is 12.1 Å². The van der Waals surface area contributed by atoms with E-state index in [1.165, 1.54) is 5.69 Å². The van der Waals surface area contributed by atoms with Crippen molar-refractivity contribution >= 4 is 0 Å². The number of rotatable bonds is 4. The molecular formula is C13H23N3O. The van der Waals surface area contributed by atoms with Crippen molar-refractivity contribution in [3.63, 3.8) is 0 Å². The van der Waals surface area contributed by atoms with Gasteiger partial charge in [0, 0.05) is 31.8 Å². The van der Waals surface area contributed by atoms with Crippen LogP contribution in [0.4, 0.5) is 0 Å². The highest BCUT2D eigenvalue weighted by Crippen LogP contribution is 2.23. The Morgan fingerprint density at radius 2 is 2.41 bits per heavy atom. The van der Waals surface area contributed by atoms with Crippen LogP contribution in [0, 0.1) is 5.92 Å². The molecule has 3 atom stereocenters. The summed E-state index contributed by atoms with van der Waals surface area (Å²) < 4.78 is 7.66. The van der Waals surface area contributed by atoms with Gasteiger partial charge in [-0.15, -0.1) is 0 Å². The maximum absolute atomic E-state index is 6.25. The first kappa shape index (κ1) is 12.6. The monoisotopic (exact) mass is 237 g/mol. The van der Waals surface area contributed by atoms with Crippen LogP contribution in [0.25, 0.3) is 0 Å². The highest BCUT2D eigenvalue weighted by atomic mass is 16.5. The van der Waals surface area contributed by atoms with Crippen LogP contribution in [0.2, 0.25) is 0 Å². The summed E-state index contributed by atoms with van der Waals surface area (Å²) in [6.45, 7) is 5.19. The average molecular weight is 237 g/mol. The van der Waals surface area contributed by atoms with E-state index in [1.54, 1.807) is 0 Å². The molecule has 1 fully saturated rings. The molecule has 0 spiro atoms. The van der Waals surface area contributed by atoms with E-state index >= 15 is 0 Å². The summed E-state index contributed by atoms with van der Waals surface area (Å²) in [5, 5.41) is 4.45. The van der Waals surface area contributed by atoms with Crippen molar-refractivity contribution in [2.45, 2.75) is 45.3 Å². The number of aryl methyl sites for hydroxylation is 2. The Morgan fingerprint density at radius 1 is 1.65 bits per heavy atom. The molecule has 1 aliphatic rings. The fourth-order valence-corrected chi connectivity index (χ4v) is 2.56. The van der Waals surface area contributed by atoms with Gasteiger partial charge in [0.1, 0.15) is 0 Å². The quantitative estimate of drug-likeness (QED) is 0.858. The molecule has 1 aromatic heterocycles. The summed E-state index contributed by atoms with van der Waals surface area (Å²) in [6, 6.07) is 2.23. The van der Waals surface area contributed by atoms with Gasteiger partial charge in [0.25, 0.3) is 0 Å². The molecule has 4 heteroatoms. The van der Waals surface area contributed by atoms with Crippen LogP contribution >= 0.6 is 0 Å². The van der Waals surface area contributed by atoms with Crippen LogP contribution in [0.15, 0.2) is 6.07 Å². The van der Waals surface area contributed by atoms with Gasteiger partial charge in [-0.25, -0.2) is 0 Å². The predicted octanol–water partition coefficient (Wildman–Crippen LogP) is 1.28. The largest absolute Gasteiger partial charge is 0.376 e. The molecule has 0 bridgehead atoms. The lowest BCUT2D eigenvalue weighted by Gasteiger charge is -2.22. The molecule has 0 saturated carbocycles. The summed E-state index contributed by atoms with van der Waals surface area (Å²) in [7, 11) is 1.99. The molecule has 2 rings (SSSR count). The van der Waals surface area contributed by atoms with Gasteiger partial charge < -0.3 is 10.5 Å². The lowest BCUT2D eigenvalue weighted by molar-refractivity contribution is 0.0721. The van der Waals surface area contributed by atoms with Gasteiger partial charge in [-0.1, -0.05) is 13.8 Å². The van der Waals surface area contributed by atoms with Crippen LogP contribution in [0.5, 0.6) is 0 Å². The molecular weight excluding hydrogens is 214 g/mol. The third kappa shape index (κ3) is 2.69. The molecule has 0 aromatic carbocycles. The molecule has 2 N–H and O–H groups in total. The zero-order valence-electron chi connectivity index (χ0n) is 11.0. The Hall–Kier alpha value is -0.870. The predicted molar refractivity (Wildman–Crippen MR) is 67.8 cm³/mol. The SMILES string of the molecule is CCc1cc(CC(N)C2OCCC2C)n(C)n1. The van der Waals surface area contributed by atoms with Crippen molar-refractivity contribution in [2.24, 2.45) is 18.7 Å². The second kappa shape index (κ2) is 5.19. The molecule has 96 valence electrons. The number of hydrogen-bond acceptors (Lipinski definition) is 3. The van der Waals surface area contributed by atoms with Crippen LogP contribution in [0.3, 0.4) is 0 Å². The fraction of sp³-hybridized carbons (Fsp3) is 0.769. The minimum atomic E-state index is 0.0765. The highest BCUT2D eigenvalue weighted by Gasteiger charge is 2.30. The molecule has 1 aliphatic heterocycles. The molecule has 1 aromatic rings. The van der Waals surface area contributed by atoms with E-state index in [2.05, 4.69) is 25.0 Å². The van der Waals surface area contributed by atoms with Crippen molar-refractivity contribution in [3.8, 4) is 0 Å². The maximum atomic E-state index is 6.25. The molecule has 1 saturated heterocycles. The van der Waals surface area contributed by atoms with Crippen LogP contribution in [-0.2, 0) is 24.6 Å². The maximum Gasteiger partial charge on any atom is 0.0756 e. The lowest BCUT2D eigenvalue weighted by Crippen LogP contribution is -2.39. The first-order valence-corrected chi connectivity index (χ1v) is 6.50. The van der Waals surface area contributed by atoms with Gasteiger partial charge in [0.15, 0.2) is 0 Å². The van der Waals surface area contributed by atoms with Gasteiger partial charge in [-0.2, -0.15) is 5.10 Å². The van der Waals surface area contributed by atoms with E-state index in [0.29, 0.717) is 5.92 Å². The molecule has 4 nitrogen and oxygen atoms in total. The molecule has 0 aliphatic carbocycles. The van der Waals surface area contributed by atoms with Crippen molar-refractivity contribution in [2.75, 3.05) is 6.61 Å². The number of ether oxygens (including phenoxy) is 1. The fourth-order valence-electron chi connectivity index (χ4n) is 2.56. The zero-order valence-corrected chi connectivity index (χ0v) is 11.0. The third-order valence-electron chi connectivity index (χ3n) is 3.70. The smallest absolute Gasteiger partial charge is 0.0756 e. The Labute approximate surface area is 103 Å². The standard InChI is InChI=1S/C13H23N3O/c1-4-10-7-11(16(3)15-10)8-12(14)13-9(2)5-6-17-13/h7,9,12-13H,4-6,8,14H2,1-3H3. The molecule has 3 unspecified atom stereocenters. The number of nitrogens with two attached hydrogens (primary N) is 1. The van der Waals surface area contributed by atoms with E-state index in [1.807, 2.05) is 11.7 Å². The summed E-state index contributed by atoms with van der Waals surface area (Å²) in [6.07, 6.45) is 3.15. The molecule has 0 radical (unpaired) electrons. The summed E-state index contributed by atoms with van der Waals surface area (Å²) >= 11 is 0. The topological polar surface area (TPSA) is 53.1 Å². The third-order valence-corrected chi connectivity index (χ3v) is 3.70. The Kier molecular flexibility index (Phi) is 3.84. The van der Waals surface area contributed by atoms with Gasteiger partial charge in [-0.3, -0.25) is 4.68 Å². The van der Waals surface area contributed by atoms with Gasteiger partial charge in [-0.05, 0) is 24.8 Å². The first-order chi connectivity index (χ1) is 8.11. The van der Waals surface area contributed by atoms with E-state index in [0.717, 1.165) is 31.6 Å². The lowest BCUT2D eigenvalue weighted by atomic mass is 9.95. The van der Waals surface area contributed by atoms with Crippen LogP contribution < -0.4 is 5.73 Å². The van der Waals surface area contributed by atoms with Crippen LogP contribution in [0.1, 0.15) is 31.7 Å². The minimum Gasteiger partial charge on any atom is -0.376 e. The normalized spacial score (nSPS) is 26.4. The van der Waals surface area contributed by atoms with E-state index in [9.17, 15) is 0 Å². The Bertz CT molecular complexity index is 375. The summed E-state index contributed by atoms with van der Waals surface area (Å²) in [5.74, 6) is 0.573. The average Bonchev–Trinajstić information content (AvgIpc) is 2.86. The first-order valence-electron chi connectivity index (χ1n) is 6.50. The molecule has 0 amide bonds. The van der Waals surface area contributed by atoms with Crippen molar-refractivity contribution in [3.05, 3.63) is 17.5 Å². The Morgan fingerprint density at radius 3 is 2.94 bits per heavy atom. The molecule has 17 heavy (non-hydrogen) atoms. The number of hydrogen-bond donors (Lipinski definition) is 1. The summed E-state index contributed by atoms with van der Waals surface area (Å²) in [5.41, 5.74) is 8.59. The second-order valence-corrected chi connectivity index (χ2v) is 5.07. The zero-order chi connectivity index (χ0) is 12.4. The second-order valence-electron chi connectivity index (χ2n) is 5.07. The minimum absolute atomic E-state index is 0.0765. The molecule has 2 heterocycles. The van der Waals surface area contributed by atoms with Gasteiger partial charge >= 0.3 is 0 Å². The number of nitrogens with zero attached hydrogens (tertiary/aromatic N) is 2. The van der Waals surface area contributed by atoms with Crippen molar-refractivity contribution in [1.82, 2.24) is 9.78 Å². The van der Waals surface area contributed by atoms with Crippen molar-refractivity contribution in [1.29, 1.82) is 0 Å². The Balaban J connectivity index is 2.01. The van der Waals surface area contributed by atoms with E-state index in [4.69, 9.17) is 10.5 Å². The van der Waals surface area contributed by atoms with Gasteiger partial charge in [0.05, 0.1) is 11.8 Å².